The van der Waals surface area contributed by atoms with E-state index in [0.29, 0.717) is 0 Å². The second kappa shape index (κ2) is 22.9. The Morgan fingerprint density at radius 2 is 0.613 bits per heavy atom. The molecule has 0 spiro atoms. The van der Waals surface area contributed by atoms with Crippen molar-refractivity contribution in [3.63, 3.8) is 0 Å². The molecule has 1 N–H and O–H groups in total. The van der Waals surface area contributed by atoms with Gasteiger partial charge in [-0.25, -0.2) is 0 Å². The summed E-state index contributed by atoms with van der Waals surface area (Å²) in [6.45, 7) is 4.60. The lowest BCUT2D eigenvalue weighted by Gasteiger charge is -2.04. The topological polar surface area (TPSA) is 54.4 Å². The van der Waals surface area contributed by atoms with E-state index in [2.05, 4.69) is 13.8 Å². The van der Waals surface area contributed by atoms with Gasteiger partial charge >= 0.3 is 15.6 Å². The van der Waals surface area contributed by atoms with Crippen LogP contribution in [-0.2, 0) is 10.1 Å². The van der Waals surface area contributed by atoms with Crippen LogP contribution in [0.15, 0.2) is 0 Å². The molecule has 0 radical (unpaired) electrons. The molecule has 0 saturated heterocycles. The van der Waals surface area contributed by atoms with Crippen molar-refractivity contribution in [2.75, 3.05) is 0 Å². The summed E-state index contributed by atoms with van der Waals surface area (Å²) in [5, 5.41) is 0. The van der Waals surface area contributed by atoms with E-state index in [4.69, 9.17) is 13.0 Å². The Balaban J connectivity index is 0. The van der Waals surface area contributed by atoms with E-state index in [0.717, 1.165) is 0 Å². The Bertz CT molecular complexity index is 431. The van der Waals surface area contributed by atoms with Crippen LogP contribution >= 0.6 is 0 Å². The fourth-order valence-corrected chi connectivity index (χ4v) is 3.51. The second-order valence-electron chi connectivity index (χ2n) is 8.64. The van der Waals surface area contributed by atoms with Gasteiger partial charge in [0.1, 0.15) is 0 Å². The van der Waals surface area contributed by atoms with E-state index in [1.807, 2.05) is 0 Å². The second-order valence-corrected chi connectivity index (χ2v) is 10.1. The van der Waals surface area contributed by atoms with Crippen molar-refractivity contribution in [1.82, 2.24) is 0 Å². The molecule has 0 saturated carbocycles. The van der Waals surface area contributed by atoms with Crippen molar-refractivity contribution in [3.8, 4) is 0 Å². The molecule has 0 heterocycles. The van der Waals surface area contributed by atoms with E-state index in [1.165, 1.54) is 135 Å². The molecule has 3 nitrogen and oxygen atoms in total. The summed E-state index contributed by atoms with van der Waals surface area (Å²) in [5.41, 5.74) is -5.53. The normalized spacial score (nSPS) is 11.9. The molecule has 0 unspecified atom stereocenters. The Morgan fingerprint density at radius 3 is 0.710 bits per heavy atom. The van der Waals surface area contributed by atoms with Crippen LogP contribution in [-0.4, -0.2) is 18.5 Å². The molecule has 0 aliphatic rings. The molecular formula is C24H49F3O3S. The van der Waals surface area contributed by atoms with E-state index in [-0.39, 0.29) is 0 Å². The molecule has 0 aliphatic heterocycles. The molecule has 190 valence electrons. The van der Waals surface area contributed by atoms with Gasteiger partial charge in [-0.2, -0.15) is 21.6 Å². The van der Waals surface area contributed by atoms with Gasteiger partial charge in [-0.1, -0.05) is 149 Å². The zero-order valence-electron chi connectivity index (χ0n) is 20.2. The van der Waals surface area contributed by atoms with Crippen LogP contribution in [0, 0.1) is 0 Å². The van der Waals surface area contributed by atoms with Gasteiger partial charge in [-0.3, -0.25) is 4.55 Å². The Hall–Kier alpha value is -0.300. The number of rotatable bonds is 20. The van der Waals surface area contributed by atoms with Crippen LogP contribution in [0.3, 0.4) is 0 Å². The zero-order valence-corrected chi connectivity index (χ0v) is 21.0. The molecule has 0 fully saturated rings. The van der Waals surface area contributed by atoms with Gasteiger partial charge in [0.25, 0.3) is 0 Å². The van der Waals surface area contributed by atoms with Gasteiger partial charge in [-0.05, 0) is 0 Å². The maximum Gasteiger partial charge on any atom is 0.522 e. The minimum Gasteiger partial charge on any atom is -0.279 e. The molecular weight excluding hydrogens is 425 g/mol. The zero-order chi connectivity index (χ0) is 23.8. The summed E-state index contributed by atoms with van der Waals surface area (Å²) < 4.78 is 57.5. The van der Waals surface area contributed by atoms with Gasteiger partial charge in [0.15, 0.2) is 0 Å². The van der Waals surface area contributed by atoms with E-state index in [1.54, 1.807) is 0 Å². The third-order valence-electron chi connectivity index (χ3n) is 5.50. The number of hydrogen-bond donors (Lipinski definition) is 1. The van der Waals surface area contributed by atoms with Crippen molar-refractivity contribution in [2.45, 2.75) is 154 Å². The summed E-state index contributed by atoms with van der Waals surface area (Å²) in [6.07, 6.45) is 30.9. The highest BCUT2D eigenvalue weighted by Gasteiger charge is 2.44. The van der Waals surface area contributed by atoms with Gasteiger partial charge in [-0.15, -0.1) is 0 Å². The largest absolute Gasteiger partial charge is 0.522 e. The molecule has 7 heteroatoms. The van der Waals surface area contributed by atoms with Crippen LogP contribution < -0.4 is 0 Å². The quantitative estimate of drug-likeness (QED) is 0.108. The molecule has 0 aromatic heterocycles. The summed E-state index contributed by atoms with van der Waals surface area (Å²) >= 11 is 0. The lowest BCUT2D eigenvalue weighted by molar-refractivity contribution is -0.0510. The first-order chi connectivity index (χ1) is 14.7. The smallest absolute Gasteiger partial charge is 0.279 e. The summed E-state index contributed by atoms with van der Waals surface area (Å²) in [4.78, 5) is 0. The maximum atomic E-state index is 10.7. The highest BCUT2D eigenvalue weighted by molar-refractivity contribution is 7.86. The molecule has 0 aromatic carbocycles. The highest BCUT2D eigenvalue weighted by Crippen LogP contribution is 2.20. The lowest BCUT2D eigenvalue weighted by atomic mass is 10.0. The van der Waals surface area contributed by atoms with E-state index < -0.39 is 15.6 Å². The number of hydrogen-bond acceptors (Lipinski definition) is 2. The molecule has 0 aromatic rings. The van der Waals surface area contributed by atoms with Gasteiger partial charge in [0.2, 0.25) is 0 Å². The van der Waals surface area contributed by atoms with Crippen LogP contribution in [0.1, 0.15) is 149 Å². The van der Waals surface area contributed by atoms with Crippen LogP contribution in [0.4, 0.5) is 13.2 Å². The fourth-order valence-electron chi connectivity index (χ4n) is 3.51. The van der Waals surface area contributed by atoms with Gasteiger partial charge in [0, 0.05) is 0 Å². The predicted octanol–water partition coefficient (Wildman–Crippen LogP) is 9.61. The molecule has 0 rings (SSSR count). The van der Waals surface area contributed by atoms with E-state index >= 15 is 0 Å². The molecule has 0 bridgehead atoms. The molecule has 0 amide bonds. The highest BCUT2D eigenvalue weighted by atomic mass is 32.2. The molecule has 0 aliphatic carbocycles. The summed E-state index contributed by atoms with van der Waals surface area (Å²) in [6, 6.07) is 0. The van der Waals surface area contributed by atoms with Crippen molar-refractivity contribution >= 4 is 10.1 Å². The monoisotopic (exact) mass is 474 g/mol. The average molecular weight is 475 g/mol. The standard InChI is InChI=1S/C23H48.CHF3O3S/c1-3-5-7-9-11-13-15-17-19-21-23-22-20-18-16-14-12-10-8-6-4-2;2-1(3,4)8(5,6)7/h3-23H2,1-2H3;(H,5,6,7). The number of halogens is 3. The van der Waals surface area contributed by atoms with Crippen molar-refractivity contribution in [3.05, 3.63) is 0 Å². The number of alkyl halides is 3. The minimum absolute atomic E-state index is 1.37. The van der Waals surface area contributed by atoms with Gasteiger partial charge < -0.3 is 0 Å². The van der Waals surface area contributed by atoms with Crippen molar-refractivity contribution < 1.29 is 26.1 Å². The van der Waals surface area contributed by atoms with Crippen molar-refractivity contribution in [1.29, 1.82) is 0 Å². The third kappa shape index (κ3) is 27.7. The first-order valence-corrected chi connectivity index (χ1v) is 14.1. The average Bonchev–Trinajstić information content (AvgIpc) is 2.69. The van der Waals surface area contributed by atoms with Crippen molar-refractivity contribution in [2.24, 2.45) is 0 Å². The molecule has 0 atom stereocenters. The van der Waals surface area contributed by atoms with Crippen LogP contribution in [0.25, 0.3) is 0 Å². The first-order valence-electron chi connectivity index (χ1n) is 12.7. The van der Waals surface area contributed by atoms with Gasteiger partial charge in [0.05, 0.1) is 0 Å². The molecule has 31 heavy (non-hydrogen) atoms. The fraction of sp³-hybridized carbons (Fsp3) is 1.00. The third-order valence-corrected chi connectivity index (χ3v) is 6.08. The summed E-state index contributed by atoms with van der Waals surface area (Å²) in [5.74, 6) is 0. The van der Waals surface area contributed by atoms with Crippen LogP contribution in [0.5, 0.6) is 0 Å². The SMILES string of the molecule is CCCCCCCCCCCCCCCCCCCCCCC.O=S(=O)(O)C(F)(F)F. The van der Waals surface area contributed by atoms with Crippen LogP contribution in [0.2, 0.25) is 0 Å². The lowest BCUT2D eigenvalue weighted by Crippen LogP contribution is -2.21. The minimum atomic E-state index is -5.84. The first kappa shape index (κ1) is 32.9. The van der Waals surface area contributed by atoms with E-state index in [9.17, 15) is 13.2 Å². The predicted molar refractivity (Wildman–Crippen MR) is 126 cm³/mol. The summed E-state index contributed by atoms with van der Waals surface area (Å²) in [7, 11) is -5.84. The Kier molecular flexibility index (Phi) is 24.3. The maximum absolute atomic E-state index is 10.7. The Labute approximate surface area is 190 Å². The number of unbranched alkanes of at least 4 members (excludes halogenated alkanes) is 20. The Morgan fingerprint density at radius 1 is 0.484 bits per heavy atom.